The van der Waals surface area contributed by atoms with Gasteiger partial charge in [-0.3, -0.25) is 10.8 Å². The monoisotopic (exact) mass is 276 g/mol. The molecule has 2 aromatic rings. The van der Waals surface area contributed by atoms with Crippen LogP contribution in [0.1, 0.15) is 11.1 Å². The Labute approximate surface area is 101 Å². The van der Waals surface area contributed by atoms with Gasteiger partial charge in [0.15, 0.2) is 0 Å². The number of aryl methyl sites for hydroxylation is 1. The topological polar surface area (TPSA) is 74.7 Å². The van der Waals surface area contributed by atoms with Gasteiger partial charge < -0.3 is 5.43 Å². The molecule has 0 aliphatic carbocycles. The minimum Gasteiger partial charge on any atom is -0.322 e. The van der Waals surface area contributed by atoms with E-state index in [4.69, 9.17) is 11.1 Å². The summed E-state index contributed by atoms with van der Waals surface area (Å²) in [5.74, 6) is 5.44. The molecule has 1 heterocycles. The lowest BCUT2D eigenvalue weighted by Gasteiger charge is -2.09. The van der Waals surface area contributed by atoms with E-state index in [2.05, 4.69) is 32.4 Å². The number of pyridine rings is 1. The van der Waals surface area contributed by atoms with Crippen molar-refractivity contribution in [3.05, 3.63) is 33.9 Å². The van der Waals surface area contributed by atoms with Crippen molar-refractivity contribution in [2.75, 3.05) is 5.43 Å². The number of nitrogens with zero attached hydrogens (tertiary/aromatic N) is 2. The van der Waals surface area contributed by atoms with Gasteiger partial charge >= 0.3 is 0 Å². The summed E-state index contributed by atoms with van der Waals surface area (Å²) in [4.78, 5) is 4.26. The van der Waals surface area contributed by atoms with Crippen LogP contribution in [0.15, 0.2) is 22.8 Å². The molecule has 0 saturated carbocycles. The van der Waals surface area contributed by atoms with Crippen LogP contribution in [0.4, 0.5) is 5.69 Å². The fraction of sp³-hybridized carbons (Fsp3) is 0.0909. The number of fused-ring (bicyclic) bond motifs is 1. The van der Waals surface area contributed by atoms with E-state index in [-0.39, 0.29) is 0 Å². The first-order valence-electron chi connectivity index (χ1n) is 4.63. The number of benzene rings is 1. The highest BCUT2D eigenvalue weighted by atomic mass is 79.9. The van der Waals surface area contributed by atoms with Crippen molar-refractivity contribution in [1.29, 1.82) is 5.26 Å². The fourth-order valence-electron chi connectivity index (χ4n) is 1.57. The highest BCUT2D eigenvalue weighted by molar-refractivity contribution is 9.10. The highest BCUT2D eigenvalue weighted by Crippen LogP contribution is 2.31. The van der Waals surface area contributed by atoms with E-state index in [9.17, 15) is 0 Å². The largest absolute Gasteiger partial charge is 0.322 e. The summed E-state index contributed by atoms with van der Waals surface area (Å²) in [7, 11) is 0. The van der Waals surface area contributed by atoms with E-state index in [1.165, 1.54) is 6.20 Å². The number of nitrogens with two attached hydrogens (primary N) is 1. The molecular weight excluding hydrogens is 268 g/mol. The Morgan fingerprint density at radius 1 is 1.50 bits per heavy atom. The molecule has 3 N–H and O–H groups in total. The van der Waals surface area contributed by atoms with Gasteiger partial charge in [-0.25, -0.2) is 0 Å². The molecule has 4 nitrogen and oxygen atoms in total. The van der Waals surface area contributed by atoms with Gasteiger partial charge in [-0.15, -0.1) is 0 Å². The van der Waals surface area contributed by atoms with E-state index in [0.717, 1.165) is 20.9 Å². The van der Waals surface area contributed by atoms with E-state index < -0.39 is 0 Å². The number of rotatable bonds is 1. The standard InChI is InChI=1S/C11H9BrN4/c1-6-2-3-8-10(16-14)7(4-13)5-15-11(8)9(6)12/h2-3,5H,14H2,1H3,(H,15,16). The van der Waals surface area contributed by atoms with Crippen molar-refractivity contribution >= 4 is 32.5 Å². The quantitative estimate of drug-likeness (QED) is 0.620. The first kappa shape index (κ1) is 10.9. The van der Waals surface area contributed by atoms with Crippen molar-refractivity contribution in [3.63, 3.8) is 0 Å². The first-order chi connectivity index (χ1) is 7.69. The molecule has 0 aliphatic heterocycles. The van der Waals surface area contributed by atoms with Crippen LogP contribution in [0, 0.1) is 18.3 Å². The summed E-state index contributed by atoms with van der Waals surface area (Å²) in [6.45, 7) is 1.99. The summed E-state index contributed by atoms with van der Waals surface area (Å²) in [5.41, 5.74) is 5.48. The van der Waals surface area contributed by atoms with Gasteiger partial charge in [0.05, 0.1) is 16.8 Å². The van der Waals surface area contributed by atoms with E-state index >= 15 is 0 Å². The third kappa shape index (κ3) is 1.52. The van der Waals surface area contributed by atoms with Crippen LogP contribution in [-0.2, 0) is 0 Å². The minimum absolute atomic E-state index is 0.436. The van der Waals surface area contributed by atoms with Crippen LogP contribution < -0.4 is 11.3 Å². The number of anilines is 1. The molecule has 0 unspecified atom stereocenters. The van der Waals surface area contributed by atoms with Gasteiger partial charge in [0, 0.05) is 16.1 Å². The van der Waals surface area contributed by atoms with Crippen LogP contribution >= 0.6 is 15.9 Å². The fourth-order valence-corrected chi connectivity index (χ4v) is 2.02. The molecule has 1 aromatic heterocycles. The van der Waals surface area contributed by atoms with Gasteiger partial charge in [-0.2, -0.15) is 5.26 Å². The van der Waals surface area contributed by atoms with Gasteiger partial charge in [-0.1, -0.05) is 12.1 Å². The van der Waals surface area contributed by atoms with Gasteiger partial charge in [0.1, 0.15) is 6.07 Å². The smallest absolute Gasteiger partial charge is 0.103 e. The molecular formula is C11H9BrN4. The molecule has 0 atom stereocenters. The Bertz CT molecular complexity index is 601. The molecule has 0 spiro atoms. The molecule has 0 radical (unpaired) electrons. The minimum atomic E-state index is 0.436. The predicted octanol–water partition coefficient (Wildman–Crippen LogP) is 2.46. The highest BCUT2D eigenvalue weighted by Gasteiger charge is 2.10. The molecule has 0 amide bonds. The summed E-state index contributed by atoms with van der Waals surface area (Å²) in [6, 6.07) is 5.91. The van der Waals surface area contributed by atoms with Crippen LogP contribution in [0.2, 0.25) is 0 Å². The molecule has 5 heteroatoms. The maximum Gasteiger partial charge on any atom is 0.103 e. The molecule has 16 heavy (non-hydrogen) atoms. The maximum atomic E-state index is 8.94. The van der Waals surface area contributed by atoms with Crippen LogP contribution in [0.3, 0.4) is 0 Å². The average molecular weight is 277 g/mol. The van der Waals surface area contributed by atoms with Crippen molar-refractivity contribution < 1.29 is 0 Å². The second-order valence-electron chi connectivity index (χ2n) is 3.40. The van der Waals surface area contributed by atoms with Gasteiger partial charge in [-0.05, 0) is 28.4 Å². The second kappa shape index (κ2) is 4.08. The third-order valence-electron chi connectivity index (χ3n) is 2.44. The molecule has 0 aliphatic rings. The number of halogens is 1. The zero-order valence-electron chi connectivity index (χ0n) is 8.58. The van der Waals surface area contributed by atoms with E-state index in [0.29, 0.717) is 11.3 Å². The summed E-state index contributed by atoms with van der Waals surface area (Å²) < 4.78 is 0.922. The molecule has 1 aromatic carbocycles. The second-order valence-corrected chi connectivity index (χ2v) is 4.19. The lowest BCUT2D eigenvalue weighted by atomic mass is 10.1. The Balaban J connectivity index is 2.91. The number of hydrogen-bond acceptors (Lipinski definition) is 4. The van der Waals surface area contributed by atoms with Gasteiger partial charge in [0.2, 0.25) is 0 Å². The number of hydrogen-bond donors (Lipinski definition) is 2. The Morgan fingerprint density at radius 3 is 2.88 bits per heavy atom. The summed E-state index contributed by atoms with van der Waals surface area (Å²) in [5, 5.41) is 9.77. The first-order valence-corrected chi connectivity index (χ1v) is 5.43. The Kier molecular flexibility index (Phi) is 2.77. The van der Waals surface area contributed by atoms with Crippen molar-refractivity contribution in [3.8, 4) is 6.07 Å². The maximum absolute atomic E-state index is 8.94. The number of nitriles is 1. The Morgan fingerprint density at radius 2 is 2.25 bits per heavy atom. The predicted molar refractivity (Wildman–Crippen MR) is 66.7 cm³/mol. The van der Waals surface area contributed by atoms with Crippen LogP contribution in [0.25, 0.3) is 10.9 Å². The molecule has 2 rings (SSSR count). The zero-order chi connectivity index (χ0) is 11.7. The lowest BCUT2D eigenvalue weighted by molar-refractivity contribution is 1.30. The molecule has 0 fully saturated rings. The molecule has 80 valence electrons. The lowest BCUT2D eigenvalue weighted by Crippen LogP contribution is -2.09. The SMILES string of the molecule is Cc1ccc2c(NN)c(C#N)cnc2c1Br. The van der Waals surface area contributed by atoms with Crippen LogP contribution in [-0.4, -0.2) is 4.98 Å². The van der Waals surface area contributed by atoms with Crippen molar-refractivity contribution in [2.24, 2.45) is 5.84 Å². The number of nitrogen functional groups attached to an aromatic ring is 1. The summed E-state index contributed by atoms with van der Waals surface area (Å²) >= 11 is 3.48. The van der Waals surface area contributed by atoms with Crippen molar-refractivity contribution in [1.82, 2.24) is 4.98 Å². The van der Waals surface area contributed by atoms with Crippen LogP contribution in [0.5, 0.6) is 0 Å². The average Bonchev–Trinajstić information content (AvgIpc) is 2.32. The van der Waals surface area contributed by atoms with Gasteiger partial charge in [0.25, 0.3) is 0 Å². The Hall–Kier alpha value is -1.64. The zero-order valence-corrected chi connectivity index (χ0v) is 10.2. The summed E-state index contributed by atoms with van der Waals surface area (Å²) in [6.07, 6.45) is 1.52. The number of hydrazine groups is 1. The van der Waals surface area contributed by atoms with E-state index in [1.807, 2.05) is 19.1 Å². The van der Waals surface area contributed by atoms with E-state index in [1.54, 1.807) is 0 Å². The molecule has 0 saturated heterocycles. The number of nitrogens with one attached hydrogen (secondary N) is 1. The normalized spacial score (nSPS) is 10.1. The molecule has 0 bridgehead atoms. The van der Waals surface area contributed by atoms with Crippen molar-refractivity contribution in [2.45, 2.75) is 6.92 Å². The number of aromatic nitrogens is 1. The third-order valence-corrected chi connectivity index (χ3v) is 3.44.